The fourth-order valence-corrected chi connectivity index (χ4v) is 8.79. The molecule has 11 aromatic rings. The molecular formula is C54H33F3N2. The summed E-state index contributed by atoms with van der Waals surface area (Å²) >= 11 is 0. The van der Waals surface area contributed by atoms with E-state index in [0.29, 0.717) is 11.3 Å². The highest BCUT2D eigenvalue weighted by atomic mass is 19.4. The minimum atomic E-state index is -4.48. The van der Waals surface area contributed by atoms with E-state index in [1.807, 2.05) is 47.0 Å². The van der Waals surface area contributed by atoms with Gasteiger partial charge in [-0.25, -0.2) is 4.98 Å². The van der Waals surface area contributed by atoms with E-state index in [4.69, 9.17) is 4.98 Å². The second-order valence-electron chi connectivity index (χ2n) is 15.1. The Morgan fingerprint density at radius 3 is 1.58 bits per heavy atom. The molecule has 11 rings (SSSR count). The molecule has 0 aliphatic heterocycles. The van der Waals surface area contributed by atoms with Crippen LogP contribution < -0.4 is 0 Å². The maximum Gasteiger partial charge on any atom is 0.416 e. The number of halogens is 3. The van der Waals surface area contributed by atoms with Crippen LogP contribution in [0.1, 0.15) is 5.56 Å². The van der Waals surface area contributed by atoms with Gasteiger partial charge in [-0.3, -0.25) is 4.57 Å². The average Bonchev–Trinajstić information content (AvgIpc) is 3.67. The van der Waals surface area contributed by atoms with Gasteiger partial charge in [0.2, 0.25) is 0 Å². The van der Waals surface area contributed by atoms with Gasteiger partial charge < -0.3 is 0 Å². The maximum atomic E-state index is 13.9. The molecule has 0 aliphatic rings. The van der Waals surface area contributed by atoms with E-state index in [9.17, 15) is 13.2 Å². The van der Waals surface area contributed by atoms with Gasteiger partial charge in [0, 0.05) is 11.3 Å². The van der Waals surface area contributed by atoms with Crippen LogP contribution in [-0.4, -0.2) is 9.55 Å². The average molecular weight is 767 g/mol. The Kier molecular flexibility index (Phi) is 7.99. The minimum Gasteiger partial charge on any atom is -0.292 e. The van der Waals surface area contributed by atoms with Crippen molar-refractivity contribution in [1.29, 1.82) is 0 Å². The molecule has 2 nitrogen and oxygen atoms in total. The number of alkyl halides is 3. The fraction of sp³-hybridized carbons (Fsp3) is 0.0185. The molecule has 0 amide bonds. The molecule has 10 aromatic carbocycles. The quantitative estimate of drug-likeness (QED) is 0.160. The Morgan fingerprint density at radius 1 is 0.373 bits per heavy atom. The number of nitrogens with zero attached hydrogens (tertiary/aromatic N) is 2. The van der Waals surface area contributed by atoms with E-state index < -0.39 is 11.7 Å². The van der Waals surface area contributed by atoms with Gasteiger partial charge in [-0.15, -0.1) is 0 Å². The first-order chi connectivity index (χ1) is 28.9. The largest absolute Gasteiger partial charge is 0.416 e. The van der Waals surface area contributed by atoms with Crippen molar-refractivity contribution in [2.24, 2.45) is 0 Å². The molecule has 0 saturated heterocycles. The van der Waals surface area contributed by atoms with Gasteiger partial charge in [0.1, 0.15) is 5.82 Å². The molecule has 0 N–H and O–H groups in total. The summed E-state index contributed by atoms with van der Waals surface area (Å²) < 4.78 is 43.5. The lowest BCUT2D eigenvalue weighted by molar-refractivity contribution is -0.137. The Labute approximate surface area is 338 Å². The summed E-state index contributed by atoms with van der Waals surface area (Å²) in [5, 5.41) is 9.37. The maximum absolute atomic E-state index is 13.9. The van der Waals surface area contributed by atoms with Crippen molar-refractivity contribution in [1.82, 2.24) is 9.55 Å². The summed E-state index contributed by atoms with van der Waals surface area (Å²) in [5.41, 5.74) is 8.38. The summed E-state index contributed by atoms with van der Waals surface area (Å²) in [6.07, 6.45) is -4.48. The first-order valence-corrected chi connectivity index (χ1v) is 19.6. The molecule has 280 valence electrons. The SMILES string of the molecule is FC(F)(F)c1ccc2c(c1)nc(-c1ccccc1)n2-c1cccc(-c2ccc3c(-c4ccc5ccccc5c4)c4ccccc4c(-c4ccc5ccccc5c4)c3c2)c1. The predicted molar refractivity (Wildman–Crippen MR) is 238 cm³/mol. The van der Waals surface area contributed by atoms with Crippen molar-refractivity contribution in [3.05, 3.63) is 206 Å². The zero-order valence-corrected chi connectivity index (χ0v) is 31.6. The Morgan fingerprint density at radius 2 is 0.915 bits per heavy atom. The molecule has 5 heteroatoms. The second kappa shape index (κ2) is 13.6. The predicted octanol–water partition coefficient (Wildman–Crippen LogP) is 15.3. The van der Waals surface area contributed by atoms with Crippen molar-refractivity contribution in [3.63, 3.8) is 0 Å². The standard InChI is InChI=1S/C54H33F3N2/c55-54(56,57)43-26-28-50-49(33-43)58-53(36-13-2-1-3-14-36)59(50)44-18-10-17-39(31-44)40-25-27-47-48(32-40)52(42-24-22-35-12-5-7-16-38(35)30-42)46-20-9-8-19-45(46)51(47)41-23-21-34-11-4-6-15-37(34)29-41/h1-33H. The number of imidazole rings is 1. The van der Waals surface area contributed by atoms with Crippen LogP contribution in [0.25, 0.3) is 105 Å². The van der Waals surface area contributed by atoms with E-state index in [2.05, 4.69) is 140 Å². The van der Waals surface area contributed by atoms with Crippen molar-refractivity contribution in [2.75, 3.05) is 0 Å². The number of rotatable bonds is 5. The molecule has 0 radical (unpaired) electrons. The van der Waals surface area contributed by atoms with E-state index in [-0.39, 0.29) is 5.52 Å². The second-order valence-corrected chi connectivity index (χ2v) is 15.1. The van der Waals surface area contributed by atoms with Crippen LogP contribution >= 0.6 is 0 Å². The molecule has 0 unspecified atom stereocenters. The van der Waals surface area contributed by atoms with Gasteiger partial charge in [-0.1, -0.05) is 152 Å². The fourth-order valence-electron chi connectivity index (χ4n) is 8.79. The van der Waals surface area contributed by atoms with Gasteiger partial charge >= 0.3 is 6.18 Å². The summed E-state index contributed by atoms with van der Waals surface area (Å²) in [4.78, 5) is 4.79. The summed E-state index contributed by atoms with van der Waals surface area (Å²) in [5.74, 6) is 0.570. The van der Waals surface area contributed by atoms with Crippen LogP contribution in [0, 0.1) is 0 Å². The highest BCUT2D eigenvalue weighted by molar-refractivity contribution is 6.22. The summed E-state index contributed by atoms with van der Waals surface area (Å²) in [6.45, 7) is 0. The smallest absolute Gasteiger partial charge is 0.292 e. The number of hydrogen-bond acceptors (Lipinski definition) is 1. The molecule has 0 aliphatic carbocycles. The number of benzene rings is 10. The number of fused-ring (bicyclic) bond motifs is 5. The third-order valence-corrected chi connectivity index (χ3v) is 11.6. The molecule has 59 heavy (non-hydrogen) atoms. The topological polar surface area (TPSA) is 17.8 Å². The minimum absolute atomic E-state index is 0.280. The van der Waals surface area contributed by atoms with Crippen LogP contribution in [0.2, 0.25) is 0 Å². The van der Waals surface area contributed by atoms with E-state index >= 15 is 0 Å². The number of aromatic nitrogens is 2. The van der Waals surface area contributed by atoms with Crippen molar-refractivity contribution in [2.45, 2.75) is 6.18 Å². The van der Waals surface area contributed by atoms with Gasteiger partial charge in [-0.2, -0.15) is 13.2 Å². The van der Waals surface area contributed by atoms with Crippen LogP contribution in [0.5, 0.6) is 0 Å². The van der Waals surface area contributed by atoms with Crippen LogP contribution in [0.15, 0.2) is 200 Å². The molecular weight excluding hydrogens is 734 g/mol. The summed E-state index contributed by atoms with van der Waals surface area (Å²) in [6, 6.07) is 67.4. The number of hydrogen-bond donors (Lipinski definition) is 0. The van der Waals surface area contributed by atoms with Crippen LogP contribution in [-0.2, 0) is 6.18 Å². The zero-order chi connectivity index (χ0) is 39.7. The zero-order valence-electron chi connectivity index (χ0n) is 31.6. The molecule has 0 bridgehead atoms. The monoisotopic (exact) mass is 766 g/mol. The molecule has 0 spiro atoms. The van der Waals surface area contributed by atoms with E-state index in [0.717, 1.165) is 62.0 Å². The molecule has 1 heterocycles. The Hall–Kier alpha value is -7.50. The van der Waals surface area contributed by atoms with Crippen LogP contribution in [0.4, 0.5) is 13.2 Å². The van der Waals surface area contributed by atoms with Crippen molar-refractivity contribution in [3.8, 4) is 50.5 Å². The van der Waals surface area contributed by atoms with Gasteiger partial charge in [0.25, 0.3) is 0 Å². The molecule has 0 fully saturated rings. The van der Waals surface area contributed by atoms with E-state index in [1.54, 1.807) is 0 Å². The third kappa shape index (κ3) is 5.93. The first kappa shape index (κ1) is 34.7. The Balaban J connectivity index is 1.16. The highest BCUT2D eigenvalue weighted by Crippen LogP contribution is 2.46. The van der Waals surface area contributed by atoms with Gasteiger partial charge in [0.15, 0.2) is 0 Å². The van der Waals surface area contributed by atoms with Crippen LogP contribution in [0.3, 0.4) is 0 Å². The lowest BCUT2D eigenvalue weighted by Gasteiger charge is -2.19. The van der Waals surface area contributed by atoms with E-state index in [1.165, 1.54) is 43.9 Å². The highest BCUT2D eigenvalue weighted by Gasteiger charge is 2.31. The Bertz CT molecular complexity index is 3430. The van der Waals surface area contributed by atoms with Gasteiger partial charge in [-0.05, 0) is 125 Å². The first-order valence-electron chi connectivity index (χ1n) is 19.6. The molecule has 0 saturated carbocycles. The van der Waals surface area contributed by atoms with Crippen molar-refractivity contribution < 1.29 is 13.2 Å². The van der Waals surface area contributed by atoms with Gasteiger partial charge in [0.05, 0.1) is 16.6 Å². The lowest BCUT2D eigenvalue weighted by atomic mass is 9.84. The lowest BCUT2D eigenvalue weighted by Crippen LogP contribution is -2.04. The molecule has 1 aromatic heterocycles. The summed E-state index contributed by atoms with van der Waals surface area (Å²) in [7, 11) is 0. The van der Waals surface area contributed by atoms with Crippen molar-refractivity contribution >= 4 is 54.1 Å². The molecule has 0 atom stereocenters. The third-order valence-electron chi connectivity index (χ3n) is 11.6. The normalized spacial score (nSPS) is 12.0.